The highest BCUT2D eigenvalue weighted by atomic mass is 32.2. The number of rotatable bonds is 14. The van der Waals surface area contributed by atoms with Gasteiger partial charge in [-0.25, -0.2) is 13.4 Å². The fourth-order valence-electron chi connectivity index (χ4n) is 4.93. The van der Waals surface area contributed by atoms with Crippen LogP contribution in [0, 0.1) is 0 Å². The first-order valence-electron chi connectivity index (χ1n) is 13.4. The van der Waals surface area contributed by atoms with E-state index in [0.717, 1.165) is 6.42 Å². The Labute approximate surface area is 228 Å². The van der Waals surface area contributed by atoms with Crippen LogP contribution in [0.4, 0.5) is 0 Å². The summed E-state index contributed by atoms with van der Waals surface area (Å²) in [5.74, 6) is 0.638. The number of benzene rings is 1. The summed E-state index contributed by atoms with van der Waals surface area (Å²) >= 11 is 0. The predicted octanol–water partition coefficient (Wildman–Crippen LogP) is 1.11. The monoisotopic (exact) mass is 562 g/mol. The smallest absolute Gasteiger partial charge is 0.277 e. The quantitative estimate of drug-likeness (QED) is 0.262. The van der Waals surface area contributed by atoms with Gasteiger partial charge in [-0.3, -0.25) is 14.4 Å². The molecular weight excluding hydrogens is 524 g/mol. The second kappa shape index (κ2) is 12.6. The Bertz CT molecular complexity index is 1440. The average molecular weight is 563 g/mol. The number of nitrogens with zero attached hydrogens (tertiary/aromatic N) is 5. The molecule has 1 saturated heterocycles. The van der Waals surface area contributed by atoms with Crippen molar-refractivity contribution in [1.29, 1.82) is 0 Å². The van der Waals surface area contributed by atoms with Crippen molar-refractivity contribution in [2.24, 2.45) is 7.05 Å². The lowest BCUT2D eigenvalue weighted by molar-refractivity contribution is 0.0754. The number of hydrogen-bond acceptors (Lipinski definition) is 9. The first-order chi connectivity index (χ1) is 18.7. The van der Waals surface area contributed by atoms with E-state index in [1.165, 1.54) is 21.1 Å². The molecule has 12 nitrogen and oxygen atoms in total. The van der Waals surface area contributed by atoms with Crippen molar-refractivity contribution in [3.8, 4) is 17.1 Å². The zero-order chi connectivity index (χ0) is 28.2. The van der Waals surface area contributed by atoms with E-state index < -0.39 is 10.0 Å². The molecule has 0 bridgehead atoms. The van der Waals surface area contributed by atoms with Gasteiger partial charge in [0.1, 0.15) is 17.1 Å². The lowest BCUT2D eigenvalue weighted by atomic mass is 10.1. The molecule has 39 heavy (non-hydrogen) atoms. The first-order valence-corrected chi connectivity index (χ1v) is 14.9. The molecule has 3 heterocycles. The van der Waals surface area contributed by atoms with Crippen molar-refractivity contribution in [2.75, 3.05) is 46.0 Å². The second-order valence-corrected chi connectivity index (χ2v) is 11.6. The van der Waals surface area contributed by atoms with Gasteiger partial charge in [0, 0.05) is 52.5 Å². The Morgan fingerprint density at radius 1 is 1.15 bits per heavy atom. The number of fused-ring (bicyclic) bond motifs is 1. The molecule has 1 aliphatic rings. The average Bonchev–Trinajstić information content (AvgIpc) is 3.20. The van der Waals surface area contributed by atoms with Crippen LogP contribution >= 0.6 is 0 Å². The number of aliphatic hydroxyl groups is 2. The Hall–Kier alpha value is -2.84. The highest BCUT2D eigenvalue weighted by molar-refractivity contribution is 7.89. The summed E-state index contributed by atoms with van der Waals surface area (Å²) in [6, 6.07) is 4.62. The third-order valence-corrected chi connectivity index (χ3v) is 8.77. The molecule has 0 spiro atoms. The molecule has 0 unspecified atom stereocenters. The van der Waals surface area contributed by atoms with E-state index in [4.69, 9.17) is 9.72 Å². The van der Waals surface area contributed by atoms with Crippen molar-refractivity contribution in [1.82, 2.24) is 29.0 Å². The van der Waals surface area contributed by atoms with Gasteiger partial charge in [-0.2, -0.15) is 9.40 Å². The molecule has 1 fully saturated rings. The molecule has 4 rings (SSSR count). The minimum absolute atomic E-state index is 0.0167. The molecule has 0 aliphatic carbocycles. The second-order valence-electron chi connectivity index (χ2n) is 9.69. The van der Waals surface area contributed by atoms with Crippen molar-refractivity contribution in [3.05, 3.63) is 34.2 Å². The normalized spacial score (nSPS) is 14.8. The Kier molecular flexibility index (Phi) is 9.39. The van der Waals surface area contributed by atoms with E-state index in [9.17, 15) is 23.4 Å². The summed E-state index contributed by atoms with van der Waals surface area (Å²) in [6.07, 6.45) is 2.67. The Morgan fingerprint density at radius 2 is 1.85 bits per heavy atom. The van der Waals surface area contributed by atoms with Gasteiger partial charge in [-0.15, -0.1) is 0 Å². The number of ether oxygens (including phenoxy) is 1. The van der Waals surface area contributed by atoms with Crippen LogP contribution in [0.2, 0.25) is 0 Å². The highest BCUT2D eigenvalue weighted by Gasteiger charge is 2.39. The lowest BCUT2D eigenvalue weighted by Gasteiger charge is -2.44. The van der Waals surface area contributed by atoms with Gasteiger partial charge in [0.2, 0.25) is 10.0 Å². The summed E-state index contributed by atoms with van der Waals surface area (Å²) in [5.41, 5.74) is 1.59. The zero-order valence-corrected chi connectivity index (χ0v) is 23.6. The standard InChI is InChI=1S/C26H38N6O6S/c1-4-8-21-23-24(30(3)29-21)26(35)28-25(27-23)20-15-19(9-10-22(20)38-5-2)39(36,37)32-16-18(17-32)31(11-6-13-33)12-7-14-34/h9-10,15,18,33-34H,4-8,11-14,16-17H2,1-3H3,(H,27,28,35). The first kappa shape index (κ1) is 29.2. The van der Waals surface area contributed by atoms with E-state index in [0.29, 0.717) is 80.1 Å². The van der Waals surface area contributed by atoms with Gasteiger partial charge in [0.15, 0.2) is 5.52 Å². The molecule has 1 aromatic carbocycles. The predicted molar refractivity (Wildman–Crippen MR) is 147 cm³/mol. The van der Waals surface area contributed by atoms with Gasteiger partial charge in [0.25, 0.3) is 5.56 Å². The highest BCUT2D eigenvalue weighted by Crippen LogP contribution is 2.33. The molecule has 0 atom stereocenters. The zero-order valence-electron chi connectivity index (χ0n) is 22.8. The van der Waals surface area contributed by atoms with Gasteiger partial charge < -0.3 is 19.9 Å². The maximum Gasteiger partial charge on any atom is 0.277 e. The number of aryl methyl sites for hydroxylation is 2. The topological polar surface area (TPSA) is 154 Å². The molecule has 0 saturated carbocycles. The van der Waals surface area contributed by atoms with Gasteiger partial charge >= 0.3 is 0 Å². The van der Waals surface area contributed by atoms with Gasteiger partial charge in [-0.05, 0) is 44.4 Å². The van der Waals surface area contributed by atoms with Crippen molar-refractivity contribution in [3.63, 3.8) is 0 Å². The van der Waals surface area contributed by atoms with Crippen molar-refractivity contribution < 1.29 is 23.4 Å². The molecule has 1 aliphatic heterocycles. The maximum absolute atomic E-state index is 13.6. The number of aliphatic hydroxyl groups excluding tert-OH is 2. The van der Waals surface area contributed by atoms with E-state index >= 15 is 0 Å². The third-order valence-electron chi connectivity index (χ3n) is 6.95. The summed E-state index contributed by atoms with van der Waals surface area (Å²) < 4.78 is 35.8. The number of H-pyrrole nitrogens is 1. The summed E-state index contributed by atoms with van der Waals surface area (Å²) in [5, 5.41) is 22.9. The molecule has 214 valence electrons. The van der Waals surface area contributed by atoms with Crippen LogP contribution in [0.5, 0.6) is 5.75 Å². The van der Waals surface area contributed by atoms with Crippen LogP contribution in [-0.4, -0.2) is 99.6 Å². The molecule has 3 aromatic rings. The van der Waals surface area contributed by atoms with E-state index in [2.05, 4.69) is 15.0 Å². The van der Waals surface area contributed by atoms with E-state index in [-0.39, 0.29) is 35.5 Å². The van der Waals surface area contributed by atoms with E-state index in [1.807, 2.05) is 13.8 Å². The SMILES string of the molecule is CCCc1nn(C)c2c(=O)[nH]c(-c3cc(S(=O)(=O)N4CC(N(CCCO)CCCO)C4)ccc3OCC)nc12. The number of sulfonamides is 1. The Balaban J connectivity index is 1.67. The van der Waals surface area contributed by atoms with Crippen LogP contribution in [0.25, 0.3) is 22.4 Å². The van der Waals surface area contributed by atoms with Crippen LogP contribution in [0.3, 0.4) is 0 Å². The molecule has 2 aromatic heterocycles. The summed E-state index contributed by atoms with van der Waals surface area (Å²) in [7, 11) is -2.12. The molecule has 0 amide bonds. The van der Waals surface area contributed by atoms with Crippen molar-refractivity contribution in [2.45, 2.75) is 50.5 Å². The molecular formula is C26H38N6O6S. The minimum Gasteiger partial charge on any atom is -0.493 e. The van der Waals surface area contributed by atoms with Gasteiger partial charge in [-0.1, -0.05) is 13.3 Å². The molecule has 13 heteroatoms. The number of nitrogens with one attached hydrogen (secondary N) is 1. The largest absolute Gasteiger partial charge is 0.493 e. The Morgan fingerprint density at radius 3 is 2.46 bits per heavy atom. The third kappa shape index (κ3) is 6.02. The maximum atomic E-state index is 13.6. The van der Waals surface area contributed by atoms with Crippen LogP contribution < -0.4 is 10.3 Å². The fraction of sp³-hybridized carbons (Fsp3) is 0.577. The van der Waals surface area contributed by atoms with Gasteiger partial charge in [0.05, 0.1) is 22.8 Å². The minimum atomic E-state index is -3.82. The number of hydrogen-bond donors (Lipinski definition) is 3. The molecule has 3 N–H and O–H groups in total. The van der Waals surface area contributed by atoms with Crippen LogP contribution in [0.15, 0.2) is 27.9 Å². The fourth-order valence-corrected chi connectivity index (χ4v) is 6.47. The summed E-state index contributed by atoms with van der Waals surface area (Å²) in [6.45, 7) is 6.22. The van der Waals surface area contributed by atoms with Crippen molar-refractivity contribution >= 4 is 21.1 Å². The number of aromatic amines is 1. The molecule has 0 radical (unpaired) electrons. The lowest BCUT2D eigenvalue weighted by Crippen LogP contribution is -2.61. The van der Waals surface area contributed by atoms with Crippen LogP contribution in [-0.2, 0) is 23.5 Å². The van der Waals surface area contributed by atoms with Crippen LogP contribution in [0.1, 0.15) is 38.8 Å². The number of aromatic nitrogens is 4. The summed E-state index contributed by atoms with van der Waals surface area (Å²) in [4.78, 5) is 22.7. The van der Waals surface area contributed by atoms with E-state index in [1.54, 1.807) is 13.1 Å².